The van der Waals surface area contributed by atoms with E-state index in [-0.39, 0.29) is 36.8 Å². The smallest absolute Gasteiger partial charge is 0.329 e. The monoisotopic (exact) mass is 529 g/mol. The van der Waals surface area contributed by atoms with Crippen LogP contribution in [0.2, 0.25) is 0 Å². The Kier molecular flexibility index (Phi) is 9.29. The molecule has 38 heavy (non-hydrogen) atoms. The number of nitrogens with two attached hydrogens (primary N) is 1. The van der Waals surface area contributed by atoms with E-state index in [4.69, 9.17) is 25.1 Å². The Balaban J connectivity index is 1.46. The zero-order valence-corrected chi connectivity index (χ0v) is 21.7. The number of H-pyrrole nitrogens is 1. The lowest BCUT2D eigenvalue weighted by molar-refractivity contribution is -0.142. The van der Waals surface area contributed by atoms with Crippen LogP contribution in [0.4, 0.5) is 5.82 Å². The molecule has 3 heterocycles. The van der Waals surface area contributed by atoms with Crippen molar-refractivity contribution < 1.29 is 24.1 Å². The van der Waals surface area contributed by atoms with E-state index in [2.05, 4.69) is 44.3 Å². The van der Waals surface area contributed by atoms with Crippen LogP contribution in [-0.4, -0.2) is 95.2 Å². The molecule has 5 N–H and O–H groups in total. The van der Waals surface area contributed by atoms with E-state index in [0.717, 1.165) is 37.1 Å². The first-order valence-electron chi connectivity index (χ1n) is 12.5. The van der Waals surface area contributed by atoms with Gasteiger partial charge < -0.3 is 40.3 Å². The number of likely N-dealkylation sites (N-methyl/N-ethyl adjacent to an activating group) is 1. The number of nitrogens with one attached hydrogen (secondary N) is 2. The number of benzene rings is 1. The SMILES string of the molecule is COCCOc1nc(N)c2[nH]c(=O)n(Cc3ccc(C(CCCOCC(=O)O)NC4CN(C)C4)cc3)c2n1. The molecule has 13 nitrogen and oxygen atoms in total. The van der Waals surface area contributed by atoms with E-state index >= 15 is 0 Å². The standard InChI is InChI=1S/C25H35N7O6/c1-31-13-18(14-31)27-19(4-3-9-37-15-20(33)34)17-7-5-16(6-8-17)12-32-23-21(28-25(32)35)22(26)29-24(30-23)38-11-10-36-2/h5-8,18-19,27H,3-4,9-15H2,1-2H3,(H,28,35)(H,33,34)(H2,26,29,30). The van der Waals surface area contributed by atoms with Gasteiger partial charge in [-0.25, -0.2) is 9.59 Å². The highest BCUT2D eigenvalue weighted by atomic mass is 16.5. The summed E-state index contributed by atoms with van der Waals surface area (Å²) >= 11 is 0. The summed E-state index contributed by atoms with van der Waals surface area (Å²) in [5.41, 5.74) is 8.47. The number of anilines is 1. The number of aromatic amines is 1. The van der Waals surface area contributed by atoms with Crippen molar-refractivity contribution in [3.05, 3.63) is 45.9 Å². The van der Waals surface area contributed by atoms with Crippen LogP contribution in [0, 0.1) is 0 Å². The number of hydrogen-bond acceptors (Lipinski definition) is 10. The summed E-state index contributed by atoms with van der Waals surface area (Å²) in [6.07, 6.45) is 1.54. The van der Waals surface area contributed by atoms with Crippen LogP contribution in [0.1, 0.15) is 30.0 Å². The normalized spacial score (nSPS) is 15.0. The van der Waals surface area contributed by atoms with Gasteiger partial charge in [0.05, 0.1) is 13.2 Å². The molecule has 0 saturated carbocycles. The van der Waals surface area contributed by atoms with Gasteiger partial charge in [0, 0.05) is 38.9 Å². The van der Waals surface area contributed by atoms with Gasteiger partial charge in [-0.05, 0) is 31.0 Å². The first-order chi connectivity index (χ1) is 18.3. The molecule has 1 aromatic carbocycles. The van der Waals surface area contributed by atoms with Crippen molar-refractivity contribution in [1.29, 1.82) is 0 Å². The Bertz CT molecular complexity index is 1270. The van der Waals surface area contributed by atoms with Crippen molar-refractivity contribution in [3.8, 4) is 6.01 Å². The van der Waals surface area contributed by atoms with Gasteiger partial charge in [0.25, 0.3) is 0 Å². The number of imidazole rings is 1. The van der Waals surface area contributed by atoms with Gasteiger partial charge in [0.15, 0.2) is 11.5 Å². The van der Waals surface area contributed by atoms with Crippen LogP contribution in [0.5, 0.6) is 6.01 Å². The third-order valence-electron chi connectivity index (χ3n) is 6.38. The maximum absolute atomic E-state index is 12.7. The van der Waals surface area contributed by atoms with Gasteiger partial charge in [0.1, 0.15) is 18.7 Å². The van der Waals surface area contributed by atoms with Crippen LogP contribution in [0.25, 0.3) is 11.2 Å². The highest BCUT2D eigenvalue weighted by Gasteiger charge is 2.26. The van der Waals surface area contributed by atoms with E-state index < -0.39 is 5.97 Å². The molecule has 13 heteroatoms. The predicted molar refractivity (Wildman–Crippen MR) is 140 cm³/mol. The number of rotatable bonds is 15. The van der Waals surface area contributed by atoms with Gasteiger partial charge in [-0.3, -0.25) is 4.57 Å². The maximum atomic E-state index is 12.7. The van der Waals surface area contributed by atoms with Crippen molar-refractivity contribution in [1.82, 2.24) is 29.7 Å². The minimum absolute atomic E-state index is 0.0815. The minimum Gasteiger partial charge on any atom is -0.480 e. The van der Waals surface area contributed by atoms with Gasteiger partial charge in [0.2, 0.25) is 0 Å². The molecule has 2 aromatic heterocycles. The highest BCUT2D eigenvalue weighted by molar-refractivity contribution is 5.81. The molecule has 206 valence electrons. The number of nitrogens with zero attached hydrogens (tertiary/aromatic N) is 4. The van der Waals surface area contributed by atoms with Crippen molar-refractivity contribution in [2.24, 2.45) is 0 Å². The summed E-state index contributed by atoms with van der Waals surface area (Å²) in [6.45, 7) is 2.99. The first-order valence-corrected chi connectivity index (χ1v) is 12.5. The van der Waals surface area contributed by atoms with Crippen molar-refractivity contribution in [3.63, 3.8) is 0 Å². The number of methoxy groups -OCH3 is 1. The highest BCUT2D eigenvalue weighted by Crippen LogP contribution is 2.23. The second-order valence-corrected chi connectivity index (χ2v) is 9.42. The van der Waals surface area contributed by atoms with E-state index in [1.54, 1.807) is 7.11 Å². The molecular formula is C25H35N7O6. The number of aliphatic carboxylic acids is 1. The molecule has 0 aliphatic carbocycles. The maximum Gasteiger partial charge on any atom is 0.329 e. The summed E-state index contributed by atoms with van der Waals surface area (Å²) in [4.78, 5) is 36.9. The molecule has 1 unspecified atom stereocenters. The molecule has 4 rings (SSSR count). The fourth-order valence-corrected chi connectivity index (χ4v) is 4.48. The summed E-state index contributed by atoms with van der Waals surface area (Å²) in [6, 6.07) is 8.67. The molecule has 0 bridgehead atoms. The quantitative estimate of drug-likeness (QED) is 0.203. The summed E-state index contributed by atoms with van der Waals surface area (Å²) in [5.74, 6) is -0.831. The van der Waals surface area contributed by atoms with Crippen LogP contribution in [-0.2, 0) is 20.8 Å². The lowest BCUT2D eigenvalue weighted by Crippen LogP contribution is -2.56. The number of likely N-dealkylation sites (tertiary alicyclic amines) is 1. The van der Waals surface area contributed by atoms with Crippen LogP contribution < -0.4 is 21.5 Å². The van der Waals surface area contributed by atoms with E-state index in [1.165, 1.54) is 4.57 Å². The number of carboxylic acids is 1. The summed E-state index contributed by atoms with van der Waals surface area (Å²) in [7, 11) is 3.65. The molecule has 0 spiro atoms. The minimum atomic E-state index is -0.967. The van der Waals surface area contributed by atoms with E-state index in [1.807, 2.05) is 12.1 Å². The number of fused-ring (bicyclic) bond motifs is 1. The predicted octanol–water partition coefficient (Wildman–Crippen LogP) is 0.601. The zero-order chi connectivity index (χ0) is 27.1. The molecule has 0 radical (unpaired) electrons. The Morgan fingerprint density at radius 2 is 2.00 bits per heavy atom. The first kappa shape index (κ1) is 27.5. The van der Waals surface area contributed by atoms with Gasteiger partial charge in [-0.1, -0.05) is 24.3 Å². The molecule has 1 aliphatic rings. The van der Waals surface area contributed by atoms with E-state index in [0.29, 0.717) is 37.0 Å². The Morgan fingerprint density at radius 1 is 1.24 bits per heavy atom. The Labute approximate surface area is 219 Å². The number of ether oxygens (including phenoxy) is 3. The van der Waals surface area contributed by atoms with E-state index in [9.17, 15) is 9.59 Å². The number of hydrogen-bond donors (Lipinski definition) is 4. The van der Waals surface area contributed by atoms with Crippen molar-refractivity contribution in [2.45, 2.75) is 31.5 Å². The Morgan fingerprint density at radius 3 is 2.68 bits per heavy atom. The number of aromatic nitrogens is 4. The number of carbonyl (C=O) groups is 1. The fourth-order valence-electron chi connectivity index (χ4n) is 4.48. The lowest BCUT2D eigenvalue weighted by Gasteiger charge is -2.39. The third-order valence-corrected chi connectivity index (χ3v) is 6.38. The number of carboxylic acid groups (broad SMARTS) is 1. The average Bonchev–Trinajstić information content (AvgIpc) is 3.18. The van der Waals surface area contributed by atoms with Gasteiger partial charge in [-0.15, -0.1) is 0 Å². The van der Waals surface area contributed by atoms with Gasteiger partial charge >= 0.3 is 17.7 Å². The summed E-state index contributed by atoms with van der Waals surface area (Å²) < 4.78 is 17.2. The molecular weight excluding hydrogens is 494 g/mol. The second kappa shape index (κ2) is 12.8. The molecule has 1 atom stereocenters. The van der Waals surface area contributed by atoms with Crippen molar-refractivity contribution >= 4 is 23.0 Å². The molecule has 3 aromatic rings. The van der Waals surface area contributed by atoms with Gasteiger partial charge in [-0.2, -0.15) is 9.97 Å². The zero-order valence-electron chi connectivity index (χ0n) is 21.7. The van der Waals surface area contributed by atoms with Crippen LogP contribution >= 0.6 is 0 Å². The molecule has 0 amide bonds. The largest absolute Gasteiger partial charge is 0.480 e. The van der Waals surface area contributed by atoms with Crippen LogP contribution in [0.3, 0.4) is 0 Å². The topological polar surface area (TPSA) is 170 Å². The molecule has 1 fully saturated rings. The molecule has 1 aliphatic heterocycles. The Hall–Kier alpha value is -3.52. The lowest BCUT2D eigenvalue weighted by atomic mass is 9.98. The number of nitrogen functional groups attached to an aromatic ring is 1. The third kappa shape index (κ3) is 7.07. The summed E-state index contributed by atoms with van der Waals surface area (Å²) in [5, 5.41) is 12.5. The second-order valence-electron chi connectivity index (χ2n) is 9.42. The average molecular weight is 530 g/mol. The molecule has 1 saturated heterocycles. The van der Waals surface area contributed by atoms with Crippen LogP contribution in [0.15, 0.2) is 29.1 Å². The fraction of sp³-hybridized carbons (Fsp3) is 0.520. The van der Waals surface area contributed by atoms with Crippen molar-refractivity contribution in [2.75, 3.05) is 59.4 Å².